The first kappa shape index (κ1) is 14.5. The fraction of sp³-hybridized carbons (Fsp3) is 0.294. The molecule has 0 aromatic heterocycles. The third-order valence-corrected chi connectivity index (χ3v) is 3.85. The van der Waals surface area contributed by atoms with Gasteiger partial charge in [-0.25, -0.2) is 0 Å². The molecule has 22 heavy (non-hydrogen) atoms. The zero-order valence-corrected chi connectivity index (χ0v) is 12.9. The summed E-state index contributed by atoms with van der Waals surface area (Å²) in [7, 11) is 4.81. The van der Waals surface area contributed by atoms with Crippen LogP contribution in [0.25, 0.3) is 11.1 Å². The zero-order chi connectivity index (χ0) is 15.7. The Morgan fingerprint density at radius 1 is 1.05 bits per heavy atom. The summed E-state index contributed by atoms with van der Waals surface area (Å²) in [5, 5.41) is 0. The standard InChI is InChI=1S/C17H19NO4/c1-19-13-8-11-14(9-18)22-12-7-5-4-6-10(12)15(11)17(21-3)16(13)20-2/h4-8,14H,9,18H2,1-3H3. The summed E-state index contributed by atoms with van der Waals surface area (Å²) >= 11 is 0. The van der Waals surface area contributed by atoms with Gasteiger partial charge in [0.15, 0.2) is 11.5 Å². The minimum absolute atomic E-state index is 0.251. The zero-order valence-electron chi connectivity index (χ0n) is 12.9. The number of fused-ring (bicyclic) bond motifs is 3. The van der Waals surface area contributed by atoms with E-state index in [1.54, 1.807) is 21.3 Å². The van der Waals surface area contributed by atoms with Gasteiger partial charge in [-0.1, -0.05) is 18.2 Å². The van der Waals surface area contributed by atoms with E-state index in [9.17, 15) is 0 Å². The van der Waals surface area contributed by atoms with Crippen molar-refractivity contribution in [1.82, 2.24) is 0 Å². The van der Waals surface area contributed by atoms with Crippen molar-refractivity contribution in [3.05, 3.63) is 35.9 Å². The van der Waals surface area contributed by atoms with E-state index in [2.05, 4.69) is 0 Å². The largest absolute Gasteiger partial charge is 0.493 e. The molecule has 0 bridgehead atoms. The van der Waals surface area contributed by atoms with Crippen LogP contribution in [0.3, 0.4) is 0 Å². The third-order valence-electron chi connectivity index (χ3n) is 3.85. The van der Waals surface area contributed by atoms with Gasteiger partial charge in [0.05, 0.1) is 21.3 Å². The molecule has 5 nitrogen and oxygen atoms in total. The van der Waals surface area contributed by atoms with Crippen LogP contribution < -0.4 is 24.7 Å². The second-order valence-corrected chi connectivity index (χ2v) is 4.95. The highest BCUT2D eigenvalue weighted by molar-refractivity contribution is 5.84. The average Bonchev–Trinajstić information content (AvgIpc) is 2.58. The molecule has 1 unspecified atom stereocenters. The highest BCUT2D eigenvalue weighted by Gasteiger charge is 2.31. The first-order valence-electron chi connectivity index (χ1n) is 7.04. The van der Waals surface area contributed by atoms with Crippen LogP contribution in [0.15, 0.2) is 30.3 Å². The summed E-state index contributed by atoms with van der Waals surface area (Å²) in [6, 6.07) is 9.73. The van der Waals surface area contributed by atoms with Gasteiger partial charge in [0.1, 0.15) is 11.9 Å². The van der Waals surface area contributed by atoms with Gasteiger partial charge in [-0.2, -0.15) is 0 Å². The van der Waals surface area contributed by atoms with E-state index in [1.165, 1.54) is 0 Å². The lowest BCUT2D eigenvalue weighted by atomic mass is 9.91. The monoisotopic (exact) mass is 301 g/mol. The maximum atomic E-state index is 6.00. The van der Waals surface area contributed by atoms with Gasteiger partial charge in [-0.05, 0) is 12.1 Å². The summed E-state index contributed by atoms with van der Waals surface area (Å²) in [6.45, 7) is 0.361. The number of hydrogen-bond acceptors (Lipinski definition) is 5. The van der Waals surface area contributed by atoms with Gasteiger partial charge in [-0.15, -0.1) is 0 Å². The van der Waals surface area contributed by atoms with E-state index in [1.807, 2.05) is 30.3 Å². The average molecular weight is 301 g/mol. The van der Waals surface area contributed by atoms with Crippen LogP contribution in [0, 0.1) is 0 Å². The number of nitrogens with two attached hydrogens (primary N) is 1. The minimum Gasteiger partial charge on any atom is -0.493 e. The van der Waals surface area contributed by atoms with Crippen molar-refractivity contribution in [2.75, 3.05) is 27.9 Å². The van der Waals surface area contributed by atoms with Gasteiger partial charge in [0.2, 0.25) is 5.75 Å². The van der Waals surface area contributed by atoms with Gasteiger partial charge >= 0.3 is 0 Å². The molecule has 0 aliphatic carbocycles. The quantitative estimate of drug-likeness (QED) is 0.941. The highest BCUT2D eigenvalue weighted by Crippen LogP contribution is 2.53. The second-order valence-electron chi connectivity index (χ2n) is 4.95. The molecule has 2 aromatic rings. The van der Waals surface area contributed by atoms with Crippen LogP contribution in [0.5, 0.6) is 23.0 Å². The Labute approximate surface area is 129 Å². The molecular formula is C17H19NO4. The molecule has 0 radical (unpaired) electrons. The van der Waals surface area contributed by atoms with E-state index in [0.29, 0.717) is 23.8 Å². The molecule has 0 fully saturated rings. The highest BCUT2D eigenvalue weighted by atomic mass is 16.5. The Morgan fingerprint density at radius 3 is 2.41 bits per heavy atom. The molecular weight excluding hydrogens is 282 g/mol. The molecule has 2 aromatic carbocycles. The van der Waals surface area contributed by atoms with Gasteiger partial charge in [0.25, 0.3) is 0 Å². The first-order valence-corrected chi connectivity index (χ1v) is 7.04. The molecule has 0 saturated heterocycles. The Balaban J connectivity index is 2.36. The number of methoxy groups -OCH3 is 3. The van der Waals surface area contributed by atoms with E-state index in [-0.39, 0.29) is 6.10 Å². The predicted octanol–water partition coefficient (Wildman–Crippen LogP) is 2.77. The lowest BCUT2D eigenvalue weighted by Crippen LogP contribution is -2.22. The first-order chi connectivity index (χ1) is 10.7. The number of rotatable bonds is 4. The van der Waals surface area contributed by atoms with Crippen molar-refractivity contribution >= 4 is 0 Å². The number of ether oxygens (including phenoxy) is 4. The summed E-state index contributed by atoms with van der Waals surface area (Å²) in [5.41, 5.74) is 8.73. The van der Waals surface area contributed by atoms with Crippen LogP contribution in [-0.4, -0.2) is 27.9 Å². The van der Waals surface area contributed by atoms with Crippen molar-refractivity contribution in [2.24, 2.45) is 5.73 Å². The van der Waals surface area contributed by atoms with Crippen molar-refractivity contribution in [1.29, 1.82) is 0 Å². The van der Waals surface area contributed by atoms with E-state index < -0.39 is 0 Å². The second kappa shape index (κ2) is 5.77. The normalized spacial score (nSPS) is 15.4. The Bertz CT molecular complexity index is 699. The molecule has 2 N–H and O–H groups in total. The van der Waals surface area contributed by atoms with Gasteiger partial charge in [0, 0.05) is 23.2 Å². The maximum absolute atomic E-state index is 6.00. The van der Waals surface area contributed by atoms with Crippen LogP contribution in [0.2, 0.25) is 0 Å². The molecule has 1 atom stereocenters. The van der Waals surface area contributed by atoms with Crippen LogP contribution in [0.4, 0.5) is 0 Å². The molecule has 1 aliphatic heterocycles. The number of hydrogen-bond donors (Lipinski definition) is 1. The Morgan fingerprint density at radius 2 is 1.77 bits per heavy atom. The van der Waals surface area contributed by atoms with Gasteiger partial charge < -0.3 is 24.7 Å². The Kier molecular flexibility index (Phi) is 3.81. The van der Waals surface area contributed by atoms with Crippen molar-refractivity contribution < 1.29 is 18.9 Å². The fourth-order valence-corrected chi connectivity index (χ4v) is 2.87. The topological polar surface area (TPSA) is 62.9 Å². The summed E-state index contributed by atoms with van der Waals surface area (Å²) in [6.07, 6.45) is -0.251. The van der Waals surface area contributed by atoms with Crippen molar-refractivity contribution in [3.63, 3.8) is 0 Å². The number of para-hydroxylation sites is 1. The number of benzene rings is 2. The fourth-order valence-electron chi connectivity index (χ4n) is 2.87. The van der Waals surface area contributed by atoms with E-state index in [4.69, 9.17) is 24.7 Å². The SMILES string of the molecule is COc1cc2c(c(OC)c1OC)-c1ccccc1OC2CN. The summed E-state index contributed by atoms with van der Waals surface area (Å²) < 4.78 is 22.5. The molecule has 5 heteroatoms. The lowest BCUT2D eigenvalue weighted by molar-refractivity contribution is 0.208. The van der Waals surface area contributed by atoms with Gasteiger partial charge in [-0.3, -0.25) is 0 Å². The summed E-state index contributed by atoms with van der Waals surface area (Å²) in [4.78, 5) is 0. The molecule has 1 aliphatic rings. The molecule has 3 rings (SSSR count). The third kappa shape index (κ3) is 2.05. The summed E-state index contributed by atoms with van der Waals surface area (Å²) in [5.74, 6) is 2.58. The Hall–Kier alpha value is -2.40. The van der Waals surface area contributed by atoms with Crippen LogP contribution in [-0.2, 0) is 0 Å². The van der Waals surface area contributed by atoms with Crippen molar-refractivity contribution in [2.45, 2.75) is 6.10 Å². The van der Waals surface area contributed by atoms with Crippen molar-refractivity contribution in [3.8, 4) is 34.1 Å². The molecule has 0 spiro atoms. The smallest absolute Gasteiger partial charge is 0.203 e. The molecule has 116 valence electrons. The van der Waals surface area contributed by atoms with E-state index in [0.717, 1.165) is 22.4 Å². The molecule has 1 heterocycles. The lowest BCUT2D eigenvalue weighted by Gasteiger charge is -2.30. The molecule has 0 saturated carbocycles. The maximum Gasteiger partial charge on any atom is 0.203 e. The minimum atomic E-state index is -0.251. The molecule has 0 amide bonds. The predicted molar refractivity (Wildman–Crippen MR) is 84.0 cm³/mol. The van der Waals surface area contributed by atoms with E-state index >= 15 is 0 Å². The van der Waals surface area contributed by atoms with Crippen LogP contribution in [0.1, 0.15) is 11.7 Å². The van der Waals surface area contributed by atoms with Crippen LogP contribution >= 0.6 is 0 Å².